The minimum Gasteiger partial charge on any atom is -0.497 e. The molecule has 0 heterocycles. The molecule has 2 aromatic rings. The van der Waals surface area contributed by atoms with Gasteiger partial charge in [0.15, 0.2) is 5.78 Å². The van der Waals surface area contributed by atoms with Gasteiger partial charge in [-0.15, -0.1) is 0 Å². The van der Waals surface area contributed by atoms with E-state index in [4.69, 9.17) is 4.74 Å². The molecule has 0 aliphatic heterocycles. The molecule has 0 aromatic heterocycles. The summed E-state index contributed by atoms with van der Waals surface area (Å²) in [5.41, 5.74) is 2.36. The zero-order valence-corrected chi connectivity index (χ0v) is 14.0. The van der Waals surface area contributed by atoms with E-state index in [-0.39, 0.29) is 11.7 Å². The maximum Gasteiger partial charge on any atom is 0.225 e. The molecular formula is C19H22N2O3. The Kier molecular flexibility index (Phi) is 6.51. The van der Waals surface area contributed by atoms with Crippen molar-refractivity contribution in [3.8, 4) is 5.75 Å². The van der Waals surface area contributed by atoms with Gasteiger partial charge in [0.2, 0.25) is 5.91 Å². The number of rotatable bonds is 8. The van der Waals surface area contributed by atoms with Crippen LogP contribution in [0.15, 0.2) is 48.5 Å². The Morgan fingerprint density at radius 2 is 1.83 bits per heavy atom. The number of ketones is 1. The van der Waals surface area contributed by atoms with Crippen LogP contribution in [0.5, 0.6) is 5.75 Å². The van der Waals surface area contributed by atoms with E-state index in [2.05, 4.69) is 10.6 Å². The fourth-order valence-corrected chi connectivity index (χ4v) is 2.22. The summed E-state index contributed by atoms with van der Waals surface area (Å²) < 4.78 is 5.11. The number of anilines is 1. The summed E-state index contributed by atoms with van der Waals surface area (Å²) in [6.45, 7) is 2.77. The normalized spacial score (nSPS) is 10.2. The van der Waals surface area contributed by atoms with Crippen molar-refractivity contribution >= 4 is 17.4 Å². The molecule has 5 nitrogen and oxygen atoms in total. The molecule has 1 amide bonds. The second kappa shape index (κ2) is 8.84. The molecule has 0 aliphatic rings. The Morgan fingerprint density at radius 3 is 2.50 bits per heavy atom. The summed E-state index contributed by atoms with van der Waals surface area (Å²) in [5, 5.41) is 6.03. The fourth-order valence-electron chi connectivity index (χ4n) is 2.22. The summed E-state index contributed by atoms with van der Waals surface area (Å²) in [4.78, 5) is 23.3. The molecule has 24 heavy (non-hydrogen) atoms. The predicted molar refractivity (Wildman–Crippen MR) is 94.4 cm³/mol. The lowest BCUT2D eigenvalue weighted by Crippen LogP contribution is -2.21. The molecule has 0 unspecified atom stereocenters. The first-order valence-corrected chi connectivity index (χ1v) is 7.83. The highest BCUT2D eigenvalue weighted by molar-refractivity contribution is 5.97. The number of benzene rings is 2. The molecule has 0 fully saturated rings. The molecule has 2 rings (SSSR count). The Hall–Kier alpha value is -2.66. The van der Waals surface area contributed by atoms with Crippen LogP contribution in [0.25, 0.3) is 0 Å². The van der Waals surface area contributed by atoms with Crippen molar-refractivity contribution in [2.75, 3.05) is 19.0 Å². The third kappa shape index (κ3) is 5.52. The van der Waals surface area contributed by atoms with Crippen LogP contribution in [0.4, 0.5) is 5.69 Å². The summed E-state index contributed by atoms with van der Waals surface area (Å²) in [7, 11) is 1.64. The highest BCUT2D eigenvalue weighted by atomic mass is 16.5. The average Bonchev–Trinajstić information content (AvgIpc) is 2.59. The first kappa shape index (κ1) is 17.7. The molecular weight excluding hydrogens is 304 g/mol. The highest BCUT2D eigenvalue weighted by Crippen LogP contribution is 2.12. The van der Waals surface area contributed by atoms with E-state index >= 15 is 0 Å². The molecule has 0 bridgehead atoms. The number of ether oxygens (including phenoxy) is 1. The van der Waals surface area contributed by atoms with E-state index < -0.39 is 0 Å². The van der Waals surface area contributed by atoms with Crippen LogP contribution in [0, 0.1) is 0 Å². The van der Waals surface area contributed by atoms with Gasteiger partial charge in [-0.2, -0.15) is 0 Å². The van der Waals surface area contributed by atoms with Crippen LogP contribution in [0.1, 0.15) is 29.3 Å². The standard InChI is InChI=1S/C19H22N2O3/c1-14(22)16-4-3-5-17(12-16)21-19(23)10-11-20-13-15-6-8-18(24-2)9-7-15/h3-9,12,20H,10-11,13H2,1-2H3,(H,21,23). The minimum absolute atomic E-state index is 0.0211. The van der Waals surface area contributed by atoms with Gasteiger partial charge in [-0.05, 0) is 36.8 Å². The number of hydrogen-bond donors (Lipinski definition) is 2. The summed E-state index contributed by atoms with van der Waals surface area (Å²) in [6.07, 6.45) is 0.362. The van der Waals surface area contributed by atoms with E-state index in [1.165, 1.54) is 6.92 Å². The Labute approximate surface area is 142 Å². The first-order valence-electron chi connectivity index (χ1n) is 7.83. The lowest BCUT2D eigenvalue weighted by molar-refractivity contribution is -0.116. The molecule has 2 aromatic carbocycles. The van der Waals surface area contributed by atoms with Gasteiger partial charge in [0.1, 0.15) is 5.75 Å². The van der Waals surface area contributed by atoms with Gasteiger partial charge in [0.05, 0.1) is 7.11 Å². The number of carbonyl (C=O) groups is 2. The minimum atomic E-state index is -0.0852. The fraction of sp³-hybridized carbons (Fsp3) is 0.263. The molecule has 5 heteroatoms. The Morgan fingerprint density at radius 1 is 1.08 bits per heavy atom. The average molecular weight is 326 g/mol. The van der Waals surface area contributed by atoms with Crippen LogP contribution < -0.4 is 15.4 Å². The van der Waals surface area contributed by atoms with Crippen molar-refractivity contribution in [3.05, 3.63) is 59.7 Å². The maximum atomic E-state index is 11.9. The third-order valence-electron chi connectivity index (χ3n) is 3.57. The zero-order chi connectivity index (χ0) is 17.4. The van der Waals surface area contributed by atoms with Crippen molar-refractivity contribution in [2.24, 2.45) is 0 Å². The van der Waals surface area contributed by atoms with Crippen LogP contribution >= 0.6 is 0 Å². The first-order chi connectivity index (χ1) is 11.6. The molecule has 0 saturated carbocycles. The van der Waals surface area contributed by atoms with Gasteiger partial charge in [-0.1, -0.05) is 24.3 Å². The number of Topliss-reactive ketones (excluding diaryl/α,β-unsaturated/α-hetero) is 1. The topological polar surface area (TPSA) is 67.4 Å². The van der Waals surface area contributed by atoms with Crippen molar-refractivity contribution in [2.45, 2.75) is 19.9 Å². The van der Waals surface area contributed by atoms with E-state index in [1.54, 1.807) is 31.4 Å². The van der Waals surface area contributed by atoms with Crippen LogP contribution in [-0.2, 0) is 11.3 Å². The number of nitrogens with one attached hydrogen (secondary N) is 2. The van der Waals surface area contributed by atoms with Crippen molar-refractivity contribution in [1.29, 1.82) is 0 Å². The largest absolute Gasteiger partial charge is 0.497 e. The van der Waals surface area contributed by atoms with Crippen molar-refractivity contribution < 1.29 is 14.3 Å². The number of amides is 1. The van der Waals surface area contributed by atoms with E-state index in [9.17, 15) is 9.59 Å². The molecule has 126 valence electrons. The number of hydrogen-bond acceptors (Lipinski definition) is 4. The lowest BCUT2D eigenvalue weighted by atomic mass is 10.1. The van der Waals surface area contributed by atoms with Gasteiger partial charge in [0, 0.05) is 30.8 Å². The van der Waals surface area contributed by atoms with Gasteiger partial charge in [-0.25, -0.2) is 0 Å². The quantitative estimate of drug-likeness (QED) is 0.578. The van der Waals surface area contributed by atoms with Gasteiger partial charge in [0.25, 0.3) is 0 Å². The van der Waals surface area contributed by atoms with Gasteiger partial charge in [-0.3, -0.25) is 9.59 Å². The lowest BCUT2D eigenvalue weighted by Gasteiger charge is -2.08. The van der Waals surface area contributed by atoms with E-state index in [1.807, 2.05) is 24.3 Å². The number of carbonyl (C=O) groups excluding carboxylic acids is 2. The molecule has 0 spiro atoms. The molecule has 0 atom stereocenters. The summed E-state index contributed by atoms with van der Waals surface area (Å²) in [6, 6.07) is 14.7. The molecule has 0 saturated heterocycles. The zero-order valence-electron chi connectivity index (χ0n) is 14.0. The van der Waals surface area contributed by atoms with Crippen LogP contribution in [0.3, 0.4) is 0 Å². The van der Waals surface area contributed by atoms with Crippen LogP contribution in [0.2, 0.25) is 0 Å². The molecule has 0 radical (unpaired) electrons. The Balaban J connectivity index is 1.73. The number of methoxy groups -OCH3 is 1. The van der Waals surface area contributed by atoms with E-state index in [0.29, 0.717) is 30.8 Å². The smallest absolute Gasteiger partial charge is 0.225 e. The van der Waals surface area contributed by atoms with E-state index in [0.717, 1.165) is 11.3 Å². The van der Waals surface area contributed by atoms with Gasteiger partial charge >= 0.3 is 0 Å². The predicted octanol–water partition coefficient (Wildman–Crippen LogP) is 3.02. The van der Waals surface area contributed by atoms with Gasteiger partial charge < -0.3 is 15.4 Å². The summed E-state index contributed by atoms with van der Waals surface area (Å²) in [5.74, 6) is 0.719. The molecule has 0 aliphatic carbocycles. The van der Waals surface area contributed by atoms with Crippen molar-refractivity contribution in [1.82, 2.24) is 5.32 Å². The molecule has 2 N–H and O–H groups in total. The maximum absolute atomic E-state index is 11.9. The van der Waals surface area contributed by atoms with Crippen LogP contribution in [-0.4, -0.2) is 25.3 Å². The Bertz CT molecular complexity index is 696. The summed E-state index contributed by atoms with van der Waals surface area (Å²) >= 11 is 0. The SMILES string of the molecule is COc1ccc(CNCCC(=O)Nc2cccc(C(C)=O)c2)cc1. The monoisotopic (exact) mass is 326 g/mol. The third-order valence-corrected chi connectivity index (χ3v) is 3.57. The highest BCUT2D eigenvalue weighted by Gasteiger charge is 2.05. The second-order valence-electron chi connectivity index (χ2n) is 5.46. The second-order valence-corrected chi connectivity index (χ2v) is 5.46. The van der Waals surface area contributed by atoms with Crippen molar-refractivity contribution in [3.63, 3.8) is 0 Å².